The lowest BCUT2D eigenvalue weighted by Crippen LogP contribution is -2.55. The minimum atomic E-state index is -0.527. The van der Waals surface area contributed by atoms with Gasteiger partial charge in [-0.2, -0.15) is 0 Å². The van der Waals surface area contributed by atoms with E-state index in [-0.39, 0.29) is 0 Å². The van der Waals surface area contributed by atoms with Crippen LogP contribution in [0.15, 0.2) is 60.7 Å². The largest absolute Gasteiger partial charge is 0.296 e. The molecule has 2 atom stereocenters. The zero-order valence-corrected chi connectivity index (χ0v) is 16.6. The molecule has 2 aromatic rings. The lowest BCUT2D eigenvalue weighted by Gasteiger charge is -2.44. The topological polar surface area (TPSA) is 55.8 Å². The average Bonchev–Trinajstić information content (AvgIpc) is 2.71. The summed E-state index contributed by atoms with van der Waals surface area (Å²) in [4.78, 5) is 16.2. The molecule has 0 saturated carbocycles. The third-order valence-corrected chi connectivity index (χ3v) is 5.31. The molecule has 2 unspecified atom stereocenters. The van der Waals surface area contributed by atoms with Gasteiger partial charge in [-0.3, -0.25) is 19.8 Å². The lowest BCUT2D eigenvalue weighted by atomic mass is 10.0. The second-order valence-corrected chi connectivity index (χ2v) is 7.60. The minimum Gasteiger partial charge on any atom is -0.296 e. The first-order valence-corrected chi connectivity index (χ1v) is 9.78. The molecule has 0 bridgehead atoms. The van der Waals surface area contributed by atoms with Gasteiger partial charge in [0.15, 0.2) is 0 Å². The van der Waals surface area contributed by atoms with E-state index in [0.717, 1.165) is 31.7 Å². The number of carbonyl (C=O) groups is 1. The Morgan fingerprint density at radius 2 is 1.61 bits per heavy atom. The smallest absolute Gasteiger partial charge is 0.267 e. The van der Waals surface area contributed by atoms with Crippen molar-refractivity contribution >= 4 is 12.0 Å². The zero-order chi connectivity index (χ0) is 19.9. The van der Waals surface area contributed by atoms with Crippen LogP contribution in [0.5, 0.6) is 0 Å². The van der Waals surface area contributed by atoms with Crippen molar-refractivity contribution in [1.29, 1.82) is 0 Å². The quantitative estimate of drug-likeness (QED) is 0.459. The van der Waals surface area contributed by atoms with E-state index in [1.807, 2.05) is 12.1 Å². The summed E-state index contributed by atoms with van der Waals surface area (Å²) in [6, 6.07) is 19.9. The summed E-state index contributed by atoms with van der Waals surface area (Å²) >= 11 is 0. The van der Waals surface area contributed by atoms with Crippen molar-refractivity contribution in [1.82, 2.24) is 15.3 Å². The summed E-state index contributed by atoms with van der Waals surface area (Å²) in [6.07, 6.45) is 2.99. The first kappa shape index (κ1) is 20.3. The Labute approximate surface area is 167 Å². The number of nitrogens with zero attached hydrogens (tertiary/aromatic N) is 2. The second kappa shape index (κ2) is 9.64. The van der Waals surface area contributed by atoms with E-state index in [0.29, 0.717) is 12.1 Å². The van der Waals surface area contributed by atoms with Crippen molar-refractivity contribution in [2.24, 2.45) is 0 Å². The lowest BCUT2D eigenvalue weighted by molar-refractivity contribution is -0.124. The number of carbonyl (C=O) groups excluding carboxylic acids is 1. The van der Waals surface area contributed by atoms with E-state index in [4.69, 9.17) is 5.21 Å². The highest BCUT2D eigenvalue weighted by atomic mass is 16.5. The minimum absolute atomic E-state index is 0.503. The molecule has 148 valence electrons. The van der Waals surface area contributed by atoms with Crippen LogP contribution in [0.25, 0.3) is 6.08 Å². The van der Waals surface area contributed by atoms with Crippen molar-refractivity contribution in [3.8, 4) is 0 Å². The van der Waals surface area contributed by atoms with E-state index >= 15 is 0 Å². The molecule has 5 heteroatoms. The molecule has 2 N–H and O–H groups in total. The number of rotatable bonds is 6. The third kappa shape index (κ3) is 5.52. The number of hydroxylamine groups is 1. The summed E-state index contributed by atoms with van der Waals surface area (Å²) in [5, 5.41) is 8.52. The standard InChI is InChI=1S/C23H29N3O2/c1-18-14-25(15-19(2)26(18)17-21-6-4-3-5-7-21)16-22-10-8-20(9-11-22)12-13-23(27)24-28/h3-13,18-19,28H,14-17H2,1-2H3,(H,24,27)/b13-12+. The predicted molar refractivity (Wildman–Crippen MR) is 112 cm³/mol. The molecule has 1 amide bonds. The summed E-state index contributed by atoms with van der Waals surface area (Å²) in [5.74, 6) is -0.527. The molecule has 0 aromatic heterocycles. The van der Waals surface area contributed by atoms with Gasteiger partial charge in [0.05, 0.1) is 0 Å². The van der Waals surface area contributed by atoms with Gasteiger partial charge in [-0.1, -0.05) is 54.6 Å². The van der Waals surface area contributed by atoms with Crippen molar-refractivity contribution in [2.75, 3.05) is 13.1 Å². The van der Waals surface area contributed by atoms with Crippen molar-refractivity contribution < 1.29 is 10.0 Å². The fraction of sp³-hybridized carbons (Fsp3) is 0.348. The maximum Gasteiger partial charge on any atom is 0.267 e. The maximum absolute atomic E-state index is 11.1. The molecule has 1 fully saturated rings. The van der Waals surface area contributed by atoms with Gasteiger partial charge in [0.2, 0.25) is 0 Å². The Hall–Kier alpha value is -2.47. The summed E-state index contributed by atoms with van der Waals surface area (Å²) in [5.41, 5.74) is 5.16. The number of benzene rings is 2. The zero-order valence-electron chi connectivity index (χ0n) is 16.6. The first-order valence-electron chi connectivity index (χ1n) is 9.78. The second-order valence-electron chi connectivity index (χ2n) is 7.60. The van der Waals surface area contributed by atoms with E-state index in [2.05, 4.69) is 66.1 Å². The molecular formula is C23H29N3O2. The number of piperazine rings is 1. The molecule has 3 rings (SSSR count). The van der Waals surface area contributed by atoms with E-state index < -0.39 is 5.91 Å². The van der Waals surface area contributed by atoms with Crippen LogP contribution < -0.4 is 5.48 Å². The van der Waals surface area contributed by atoms with Gasteiger partial charge >= 0.3 is 0 Å². The van der Waals surface area contributed by atoms with Gasteiger partial charge in [0, 0.05) is 44.3 Å². The number of nitrogens with one attached hydrogen (secondary N) is 1. The van der Waals surface area contributed by atoms with Gasteiger partial charge in [0.25, 0.3) is 5.91 Å². The molecule has 1 aliphatic heterocycles. The summed E-state index contributed by atoms with van der Waals surface area (Å²) in [6.45, 7) is 8.65. The Morgan fingerprint density at radius 3 is 2.21 bits per heavy atom. The first-order chi connectivity index (χ1) is 13.5. The van der Waals surface area contributed by atoms with Crippen LogP contribution >= 0.6 is 0 Å². The van der Waals surface area contributed by atoms with Gasteiger partial charge < -0.3 is 0 Å². The van der Waals surface area contributed by atoms with Crippen molar-refractivity contribution in [3.63, 3.8) is 0 Å². The van der Waals surface area contributed by atoms with E-state index in [9.17, 15) is 4.79 Å². The highest BCUT2D eigenvalue weighted by Gasteiger charge is 2.29. The average molecular weight is 380 g/mol. The maximum atomic E-state index is 11.1. The van der Waals surface area contributed by atoms with Crippen LogP contribution in [-0.2, 0) is 17.9 Å². The highest BCUT2D eigenvalue weighted by molar-refractivity contribution is 5.90. The normalized spacial score (nSPS) is 21.1. The Morgan fingerprint density at radius 1 is 1.00 bits per heavy atom. The Balaban J connectivity index is 1.56. The molecular weight excluding hydrogens is 350 g/mol. The van der Waals surface area contributed by atoms with Crippen molar-refractivity contribution in [3.05, 3.63) is 77.4 Å². The van der Waals surface area contributed by atoms with Gasteiger partial charge in [-0.05, 0) is 36.6 Å². The fourth-order valence-corrected chi connectivity index (χ4v) is 3.90. The predicted octanol–water partition coefficient (Wildman–Crippen LogP) is 3.30. The van der Waals surface area contributed by atoms with Gasteiger partial charge in [-0.25, -0.2) is 5.48 Å². The SMILES string of the molecule is CC1CN(Cc2ccc(/C=C/C(=O)NO)cc2)CC(C)N1Cc1ccccc1. The molecule has 1 heterocycles. The number of hydrogen-bond donors (Lipinski definition) is 2. The van der Waals surface area contributed by atoms with Gasteiger partial charge in [0.1, 0.15) is 0 Å². The summed E-state index contributed by atoms with van der Waals surface area (Å²) < 4.78 is 0. The van der Waals surface area contributed by atoms with Crippen LogP contribution in [0.3, 0.4) is 0 Å². The highest BCUT2D eigenvalue weighted by Crippen LogP contribution is 2.21. The van der Waals surface area contributed by atoms with Crippen LogP contribution in [-0.4, -0.2) is 46.1 Å². The molecule has 0 aliphatic carbocycles. The molecule has 2 aromatic carbocycles. The molecule has 1 saturated heterocycles. The van der Waals surface area contributed by atoms with Crippen LogP contribution in [0.4, 0.5) is 0 Å². The monoisotopic (exact) mass is 379 g/mol. The fourth-order valence-electron chi connectivity index (χ4n) is 3.90. The Kier molecular flexibility index (Phi) is 6.98. The van der Waals surface area contributed by atoms with Crippen molar-refractivity contribution in [2.45, 2.75) is 39.0 Å². The molecule has 5 nitrogen and oxygen atoms in total. The molecule has 1 aliphatic rings. The number of hydrogen-bond acceptors (Lipinski definition) is 4. The van der Waals surface area contributed by atoms with E-state index in [1.54, 1.807) is 11.6 Å². The Bertz CT molecular complexity index is 777. The summed E-state index contributed by atoms with van der Waals surface area (Å²) in [7, 11) is 0. The third-order valence-electron chi connectivity index (χ3n) is 5.31. The molecule has 28 heavy (non-hydrogen) atoms. The van der Waals surface area contributed by atoms with Crippen LogP contribution in [0, 0.1) is 0 Å². The van der Waals surface area contributed by atoms with Gasteiger partial charge in [-0.15, -0.1) is 0 Å². The van der Waals surface area contributed by atoms with Crippen LogP contribution in [0.1, 0.15) is 30.5 Å². The number of amides is 1. The van der Waals surface area contributed by atoms with E-state index in [1.165, 1.54) is 17.2 Å². The van der Waals surface area contributed by atoms with Crippen LogP contribution in [0.2, 0.25) is 0 Å². The molecule has 0 spiro atoms. The molecule has 0 radical (unpaired) electrons.